The molecule has 0 radical (unpaired) electrons. The quantitative estimate of drug-likeness (QED) is 0.863. The molecular formula is C13H18F2O2. The summed E-state index contributed by atoms with van der Waals surface area (Å²) in [5, 5.41) is 9.97. The molecule has 1 atom stereocenters. The van der Waals surface area contributed by atoms with Gasteiger partial charge in [-0.3, -0.25) is 0 Å². The summed E-state index contributed by atoms with van der Waals surface area (Å²) < 4.78 is 31.3. The van der Waals surface area contributed by atoms with E-state index in [1.54, 1.807) is 13.8 Å². The van der Waals surface area contributed by atoms with Crippen LogP contribution in [0.3, 0.4) is 0 Å². The zero-order valence-electron chi connectivity index (χ0n) is 10.3. The first-order chi connectivity index (χ1) is 7.85. The fourth-order valence-corrected chi connectivity index (χ4v) is 1.67. The molecular weight excluding hydrogens is 226 g/mol. The lowest BCUT2D eigenvalue weighted by Crippen LogP contribution is -2.40. The van der Waals surface area contributed by atoms with E-state index in [9.17, 15) is 13.9 Å². The third-order valence-corrected chi connectivity index (χ3v) is 2.67. The summed E-state index contributed by atoms with van der Waals surface area (Å²) in [6.45, 7) is 5.80. The highest BCUT2D eigenvalue weighted by Gasteiger charge is 2.28. The van der Waals surface area contributed by atoms with Crippen molar-refractivity contribution in [1.29, 1.82) is 0 Å². The van der Waals surface area contributed by atoms with Crippen LogP contribution in [0.2, 0.25) is 0 Å². The molecule has 0 aliphatic carbocycles. The lowest BCUT2D eigenvalue weighted by molar-refractivity contribution is -0.0955. The van der Waals surface area contributed by atoms with Gasteiger partial charge in [0.25, 0.3) is 0 Å². The Morgan fingerprint density at radius 3 is 2.24 bits per heavy atom. The molecule has 0 aliphatic heterocycles. The molecule has 0 fully saturated rings. The lowest BCUT2D eigenvalue weighted by Gasteiger charge is -2.30. The van der Waals surface area contributed by atoms with Crippen LogP contribution < -0.4 is 0 Å². The Bertz CT molecular complexity index is 357. The van der Waals surface area contributed by atoms with E-state index in [-0.39, 0.29) is 6.42 Å². The lowest BCUT2D eigenvalue weighted by atomic mass is 9.95. The Labute approximate surface area is 100 Å². The smallest absolute Gasteiger partial charge is 0.126 e. The monoisotopic (exact) mass is 244 g/mol. The van der Waals surface area contributed by atoms with Crippen molar-refractivity contribution in [1.82, 2.24) is 0 Å². The van der Waals surface area contributed by atoms with Gasteiger partial charge in [-0.25, -0.2) is 8.78 Å². The molecule has 1 unspecified atom stereocenters. The SMILES string of the molecule is CCOC(C)(C)C(O)Cc1cc(F)cc(F)c1. The number of halogens is 2. The number of benzene rings is 1. The van der Waals surface area contributed by atoms with Gasteiger partial charge in [0.05, 0.1) is 11.7 Å². The van der Waals surface area contributed by atoms with E-state index in [1.165, 1.54) is 12.1 Å². The minimum absolute atomic E-state index is 0.154. The van der Waals surface area contributed by atoms with Crippen molar-refractivity contribution in [3.05, 3.63) is 35.4 Å². The molecule has 0 aliphatic rings. The largest absolute Gasteiger partial charge is 0.390 e. The zero-order valence-corrected chi connectivity index (χ0v) is 10.3. The Morgan fingerprint density at radius 2 is 1.76 bits per heavy atom. The van der Waals surface area contributed by atoms with Crippen molar-refractivity contribution >= 4 is 0 Å². The van der Waals surface area contributed by atoms with Gasteiger partial charge >= 0.3 is 0 Å². The average molecular weight is 244 g/mol. The molecule has 2 nitrogen and oxygen atoms in total. The summed E-state index contributed by atoms with van der Waals surface area (Å²) in [6, 6.07) is 3.24. The number of hydrogen-bond acceptors (Lipinski definition) is 2. The van der Waals surface area contributed by atoms with Crippen LogP contribution in [0.25, 0.3) is 0 Å². The minimum atomic E-state index is -0.816. The molecule has 0 saturated heterocycles. The van der Waals surface area contributed by atoms with Gasteiger partial charge in [0.15, 0.2) is 0 Å². The number of aliphatic hydroxyl groups excluding tert-OH is 1. The van der Waals surface area contributed by atoms with Crippen LogP contribution in [0, 0.1) is 11.6 Å². The Balaban J connectivity index is 2.76. The third-order valence-electron chi connectivity index (χ3n) is 2.67. The van der Waals surface area contributed by atoms with Crippen LogP contribution in [-0.4, -0.2) is 23.4 Å². The van der Waals surface area contributed by atoms with Crippen molar-refractivity contribution < 1.29 is 18.6 Å². The first-order valence-electron chi connectivity index (χ1n) is 5.62. The number of aliphatic hydroxyl groups is 1. The summed E-state index contributed by atoms with van der Waals surface area (Å²) in [4.78, 5) is 0. The van der Waals surface area contributed by atoms with Crippen molar-refractivity contribution in [3.63, 3.8) is 0 Å². The van der Waals surface area contributed by atoms with Crippen LogP contribution in [0.1, 0.15) is 26.3 Å². The molecule has 0 bridgehead atoms. The van der Waals surface area contributed by atoms with E-state index in [4.69, 9.17) is 4.74 Å². The highest BCUT2D eigenvalue weighted by molar-refractivity contribution is 5.19. The number of ether oxygens (including phenoxy) is 1. The van der Waals surface area contributed by atoms with Crippen LogP contribution >= 0.6 is 0 Å². The molecule has 0 heterocycles. The third kappa shape index (κ3) is 4.06. The standard InChI is InChI=1S/C13H18F2O2/c1-4-17-13(2,3)12(16)7-9-5-10(14)8-11(15)6-9/h5-6,8,12,16H,4,7H2,1-3H3. The highest BCUT2D eigenvalue weighted by Crippen LogP contribution is 2.19. The van der Waals surface area contributed by atoms with E-state index in [0.717, 1.165) is 6.07 Å². The summed E-state index contributed by atoms with van der Waals surface area (Å²) in [5.74, 6) is -1.28. The summed E-state index contributed by atoms with van der Waals surface area (Å²) in [5.41, 5.74) is -0.319. The maximum atomic E-state index is 13.0. The maximum absolute atomic E-state index is 13.0. The molecule has 1 aromatic carbocycles. The van der Waals surface area contributed by atoms with Gasteiger partial charge in [-0.05, 0) is 38.5 Å². The summed E-state index contributed by atoms with van der Waals surface area (Å²) in [6.07, 6.45) is -0.662. The zero-order chi connectivity index (χ0) is 13.1. The van der Waals surface area contributed by atoms with Crippen LogP contribution in [0.5, 0.6) is 0 Å². The molecule has 4 heteroatoms. The van der Waals surface area contributed by atoms with E-state index >= 15 is 0 Å². The van der Waals surface area contributed by atoms with Crippen molar-refractivity contribution in [2.24, 2.45) is 0 Å². The first-order valence-corrected chi connectivity index (χ1v) is 5.62. The second kappa shape index (κ2) is 5.56. The fraction of sp³-hybridized carbons (Fsp3) is 0.538. The minimum Gasteiger partial charge on any atom is -0.390 e. The van der Waals surface area contributed by atoms with Gasteiger partial charge in [-0.15, -0.1) is 0 Å². The molecule has 96 valence electrons. The maximum Gasteiger partial charge on any atom is 0.126 e. The van der Waals surface area contributed by atoms with E-state index in [2.05, 4.69) is 0 Å². The Morgan fingerprint density at radius 1 is 1.24 bits per heavy atom. The van der Waals surface area contributed by atoms with Crippen molar-refractivity contribution in [2.75, 3.05) is 6.61 Å². The van der Waals surface area contributed by atoms with Crippen molar-refractivity contribution in [3.8, 4) is 0 Å². The van der Waals surface area contributed by atoms with Crippen LogP contribution in [-0.2, 0) is 11.2 Å². The first kappa shape index (κ1) is 14.1. The molecule has 0 aromatic heterocycles. The van der Waals surface area contributed by atoms with E-state index in [1.807, 2.05) is 6.92 Å². The molecule has 0 saturated carbocycles. The molecule has 17 heavy (non-hydrogen) atoms. The highest BCUT2D eigenvalue weighted by atomic mass is 19.1. The predicted octanol–water partition coefficient (Wildman–Crippen LogP) is 2.68. The van der Waals surface area contributed by atoms with Gasteiger partial charge in [0.2, 0.25) is 0 Å². The van der Waals surface area contributed by atoms with E-state index in [0.29, 0.717) is 12.2 Å². The molecule has 0 amide bonds. The second-order valence-electron chi connectivity index (χ2n) is 4.53. The van der Waals surface area contributed by atoms with Gasteiger partial charge in [0.1, 0.15) is 11.6 Å². The topological polar surface area (TPSA) is 29.5 Å². The van der Waals surface area contributed by atoms with Gasteiger partial charge in [-0.1, -0.05) is 0 Å². The second-order valence-corrected chi connectivity index (χ2v) is 4.53. The van der Waals surface area contributed by atoms with Crippen LogP contribution in [0.4, 0.5) is 8.78 Å². The van der Waals surface area contributed by atoms with Gasteiger partial charge in [-0.2, -0.15) is 0 Å². The van der Waals surface area contributed by atoms with Crippen LogP contribution in [0.15, 0.2) is 18.2 Å². The number of hydrogen-bond donors (Lipinski definition) is 1. The van der Waals surface area contributed by atoms with Crippen molar-refractivity contribution in [2.45, 2.75) is 38.9 Å². The average Bonchev–Trinajstić information content (AvgIpc) is 2.15. The normalized spacial score (nSPS) is 13.8. The fourth-order valence-electron chi connectivity index (χ4n) is 1.67. The number of rotatable bonds is 5. The van der Waals surface area contributed by atoms with E-state index < -0.39 is 23.3 Å². The summed E-state index contributed by atoms with van der Waals surface area (Å²) in [7, 11) is 0. The Hall–Kier alpha value is -1.00. The summed E-state index contributed by atoms with van der Waals surface area (Å²) >= 11 is 0. The molecule has 1 N–H and O–H groups in total. The Kier molecular flexibility index (Phi) is 4.60. The molecule has 0 spiro atoms. The molecule has 1 aromatic rings. The predicted molar refractivity (Wildman–Crippen MR) is 61.8 cm³/mol. The van der Waals surface area contributed by atoms with Gasteiger partial charge in [0, 0.05) is 19.1 Å². The van der Waals surface area contributed by atoms with Gasteiger partial charge < -0.3 is 9.84 Å². The molecule has 1 rings (SSSR count).